The number of aryl methyl sites for hydroxylation is 1. The molecule has 0 radical (unpaired) electrons. The van der Waals surface area contributed by atoms with Crippen LogP contribution in [0.15, 0.2) is 113 Å². The van der Waals surface area contributed by atoms with Gasteiger partial charge in [0.2, 0.25) is 0 Å². The Kier molecular flexibility index (Phi) is 14.6. The summed E-state index contributed by atoms with van der Waals surface area (Å²) in [6, 6.07) is 10.0. The Hall–Kier alpha value is -4.06. The van der Waals surface area contributed by atoms with Crippen LogP contribution in [0.1, 0.15) is 39.2 Å². The molecular formula is C31H40N4O2. The van der Waals surface area contributed by atoms with E-state index in [1.54, 1.807) is 48.7 Å². The SMILES string of the molecule is C=CC=NC(=CC(=CC)C(=O)N(C)C(CCNC(=O)C(C=C)=NC=CC)CCc1ccccc1)C(=C)C. The summed E-state index contributed by atoms with van der Waals surface area (Å²) < 4.78 is 0. The molecule has 0 aliphatic rings. The van der Waals surface area contributed by atoms with Crippen molar-refractivity contribution in [2.24, 2.45) is 9.98 Å². The van der Waals surface area contributed by atoms with Gasteiger partial charge in [0.05, 0.1) is 5.70 Å². The maximum absolute atomic E-state index is 13.5. The summed E-state index contributed by atoms with van der Waals surface area (Å²) in [6.07, 6.45) is 13.5. The van der Waals surface area contributed by atoms with Crippen LogP contribution in [0.2, 0.25) is 0 Å². The quantitative estimate of drug-likeness (QED) is 0.188. The molecule has 6 heteroatoms. The van der Waals surface area contributed by atoms with E-state index in [0.717, 1.165) is 18.4 Å². The molecule has 1 aromatic carbocycles. The van der Waals surface area contributed by atoms with E-state index in [-0.39, 0.29) is 23.6 Å². The fraction of sp³-hybridized carbons (Fsp3) is 0.290. The number of aliphatic imine (C=N–C) groups is 2. The van der Waals surface area contributed by atoms with Crippen molar-refractivity contribution in [3.63, 3.8) is 0 Å². The molecule has 0 fully saturated rings. The fourth-order valence-electron chi connectivity index (χ4n) is 3.50. The first-order valence-electron chi connectivity index (χ1n) is 12.4. The first-order valence-corrected chi connectivity index (χ1v) is 12.4. The smallest absolute Gasteiger partial charge is 0.269 e. The predicted molar refractivity (Wildman–Crippen MR) is 157 cm³/mol. The average molecular weight is 501 g/mol. The maximum atomic E-state index is 13.5. The summed E-state index contributed by atoms with van der Waals surface area (Å²) in [5.41, 5.74) is 3.31. The molecule has 0 heterocycles. The number of carbonyl (C=O) groups excluding carboxylic acids is 2. The highest BCUT2D eigenvalue weighted by molar-refractivity contribution is 6.43. The van der Waals surface area contributed by atoms with Gasteiger partial charge in [-0.15, -0.1) is 0 Å². The minimum absolute atomic E-state index is 0.110. The number of carbonyl (C=O) groups is 2. The van der Waals surface area contributed by atoms with Crippen molar-refractivity contribution in [3.05, 3.63) is 109 Å². The fourth-order valence-corrected chi connectivity index (χ4v) is 3.50. The Morgan fingerprint density at radius 2 is 1.84 bits per heavy atom. The molecular weight excluding hydrogens is 460 g/mol. The number of nitrogens with zero attached hydrogens (tertiary/aromatic N) is 3. The zero-order valence-electron chi connectivity index (χ0n) is 22.6. The zero-order valence-corrected chi connectivity index (χ0v) is 22.6. The summed E-state index contributed by atoms with van der Waals surface area (Å²) in [7, 11) is 1.80. The van der Waals surface area contributed by atoms with Gasteiger partial charge in [0.25, 0.3) is 11.8 Å². The number of hydrogen-bond donors (Lipinski definition) is 1. The van der Waals surface area contributed by atoms with E-state index >= 15 is 0 Å². The van der Waals surface area contributed by atoms with Gasteiger partial charge in [-0.2, -0.15) is 0 Å². The minimum Gasteiger partial charge on any atom is -0.351 e. The van der Waals surface area contributed by atoms with Gasteiger partial charge in [-0.3, -0.25) is 19.6 Å². The summed E-state index contributed by atoms with van der Waals surface area (Å²) in [6.45, 7) is 17.2. The van der Waals surface area contributed by atoms with Gasteiger partial charge in [-0.25, -0.2) is 0 Å². The third-order valence-electron chi connectivity index (χ3n) is 5.64. The van der Waals surface area contributed by atoms with Crippen LogP contribution in [0, 0.1) is 0 Å². The molecule has 196 valence electrons. The Balaban J connectivity index is 3.10. The first kappa shape index (κ1) is 31.0. The molecule has 0 saturated heterocycles. The standard InChI is InChI=1S/C31H40N4O2/c1-8-20-32-28(11-4)30(36)34-22-19-27(18-17-25-15-13-12-14-16-25)35(7)31(37)26(10-3)23-29(24(5)6)33-21-9-2/h8-16,20-21,23,27H,2,4-5,17-19,22H2,1,3,6-7H3,(H,34,36). The number of nitrogens with one attached hydrogen (secondary N) is 1. The van der Waals surface area contributed by atoms with E-state index in [2.05, 4.69) is 47.2 Å². The van der Waals surface area contributed by atoms with Gasteiger partial charge in [0, 0.05) is 37.6 Å². The Labute approximate surface area is 222 Å². The highest BCUT2D eigenvalue weighted by Crippen LogP contribution is 2.18. The molecule has 1 atom stereocenters. The molecule has 6 nitrogen and oxygen atoms in total. The lowest BCUT2D eigenvalue weighted by molar-refractivity contribution is -0.127. The summed E-state index contributed by atoms with van der Waals surface area (Å²) >= 11 is 0. The van der Waals surface area contributed by atoms with Crippen LogP contribution in [-0.2, 0) is 16.0 Å². The predicted octanol–water partition coefficient (Wildman–Crippen LogP) is 5.78. The van der Waals surface area contributed by atoms with Crippen molar-refractivity contribution >= 4 is 23.7 Å². The normalized spacial score (nSPS) is 13.5. The van der Waals surface area contributed by atoms with Gasteiger partial charge in [0.1, 0.15) is 5.71 Å². The lowest BCUT2D eigenvalue weighted by Gasteiger charge is -2.29. The number of rotatable bonds is 15. The Morgan fingerprint density at radius 3 is 2.41 bits per heavy atom. The highest BCUT2D eigenvalue weighted by atomic mass is 16.2. The summed E-state index contributed by atoms with van der Waals surface area (Å²) in [4.78, 5) is 36.2. The second-order valence-electron chi connectivity index (χ2n) is 8.41. The molecule has 2 amide bonds. The topological polar surface area (TPSA) is 74.1 Å². The molecule has 0 aliphatic heterocycles. The van der Waals surface area contributed by atoms with E-state index in [9.17, 15) is 9.59 Å². The van der Waals surface area contributed by atoms with E-state index in [4.69, 9.17) is 0 Å². The maximum Gasteiger partial charge on any atom is 0.269 e. The Morgan fingerprint density at radius 1 is 1.14 bits per heavy atom. The number of hydrogen-bond acceptors (Lipinski definition) is 4. The lowest BCUT2D eigenvalue weighted by atomic mass is 10.0. The minimum atomic E-state index is -0.299. The molecule has 0 saturated carbocycles. The van der Waals surface area contributed by atoms with Crippen molar-refractivity contribution in [1.29, 1.82) is 0 Å². The van der Waals surface area contributed by atoms with Crippen LogP contribution in [0.25, 0.3) is 0 Å². The molecule has 0 aromatic heterocycles. The van der Waals surface area contributed by atoms with Gasteiger partial charge < -0.3 is 10.2 Å². The van der Waals surface area contributed by atoms with E-state index < -0.39 is 0 Å². The third kappa shape index (κ3) is 11.0. The average Bonchev–Trinajstić information content (AvgIpc) is 2.90. The van der Waals surface area contributed by atoms with Gasteiger partial charge in [-0.1, -0.05) is 68.3 Å². The first-order chi connectivity index (χ1) is 17.8. The molecule has 1 N–H and O–H groups in total. The second kappa shape index (κ2) is 17.4. The molecule has 1 unspecified atom stereocenters. The van der Waals surface area contributed by atoms with Gasteiger partial charge in [0.15, 0.2) is 0 Å². The number of benzene rings is 1. The molecule has 1 rings (SSSR count). The second-order valence-corrected chi connectivity index (χ2v) is 8.41. The van der Waals surface area contributed by atoms with Crippen LogP contribution in [0.4, 0.5) is 0 Å². The van der Waals surface area contributed by atoms with Gasteiger partial charge in [-0.05, 0) is 63.3 Å². The Bertz CT molecular complexity index is 1090. The van der Waals surface area contributed by atoms with Crippen molar-refractivity contribution in [2.45, 2.75) is 46.1 Å². The van der Waals surface area contributed by atoms with Crippen molar-refractivity contribution in [3.8, 4) is 0 Å². The largest absolute Gasteiger partial charge is 0.351 e. The monoisotopic (exact) mass is 500 g/mol. The van der Waals surface area contributed by atoms with E-state index in [0.29, 0.717) is 24.2 Å². The summed E-state index contributed by atoms with van der Waals surface area (Å²) in [5, 5.41) is 2.90. The third-order valence-corrected chi connectivity index (χ3v) is 5.64. The lowest BCUT2D eigenvalue weighted by Crippen LogP contribution is -2.41. The van der Waals surface area contributed by atoms with Crippen LogP contribution in [-0.4, -0.2) is 48.3 Å². The number of amides is 2. The van der Waals surface area contributed by atoms with E-state index in [1.807, 2.05) is 39.0 Å². The van der Waals surface area contributed by atoms with Crippen molar-refractivity contribution in [2.75, 3.05) is 13.6 Å². The van der Waals surface area contributed by atoms with Crippen molar-refractivity contribution < 1.29 is 9.59 Å². The van der Waals surface area contributed by atoms with Crippen molar-refractivity contribution in [1.82, 2.24) is 10.2 Å². The number of allylic oxidation sites excluding steroid dienone is 4. The molecule has 0 aliphatic carbocycles. The molecule has 37 heavy (non-hydrogen) atoms. The molecule has 0 bridgehead atoms. The van der Waals surface area contributed by atoms with Crippen LogP contribution >= 0.6 is 0 Å². The van der Waals surface area contributed by atoms with Gasteiger partial charge >= 0.3 is 0 Å². The van der Waals surface area contributed by atoms with Crippen LogP contribution in [0.3, 0.4) is 0 Å². The zero-order chi connectivity index (χ0) is 27.6. The van der Waals surface area contributed by atoms with Crippen LogP contribution in [0.5, 0.6) is 0 Å². The molecule has 1 aromatic rings. The molecule has 0 spiro atoms. The highest BCUT2D eigenvalue weighted by Gasteiger charge is 2.22. The summed E-state index contributed by atoms with van der Waals surface area (Å²) in [5.74, 6) is -0.423. The van der Waals surface area contributed by atoms with E-state index in [1.165, 1.54) is 11.6 Å². The van der Waals surface area contributed by atoms with Crippen LogP contribution < -0.4 is 5.32 Å². The number of likely N-dealkylation sites (N-methyl/N-ethyl adjacent to an activating group) is 1.